The molecule has 1 heterocycles. The van der Waals surface area contributed by atoms with E-state index in [2.05, 4.69) is 101 Å². The summed E-state index contributed by atoms with van der Waals surface area (Å²) in [6.07, 6.45) is 3.57. The number of aromatic nitrogens is 1. The van der Waals surface area contributed by atoms with Gasteiger partial charge in [0.05, 0.1) is 11.9 Å². The fraction of sp³-hybridized carbons (Fsp3) is 0.171. The summed E-state index contributed by atoms with van der Waals surface area (Å²) in [5.41, 5.74) is 16.1. The number of aryl methyl sites for hydroxylation is 6. The van der Waals surface area contributed by atoms with Crippen LogP contribution >= 0.6 is 0 Å². The number of nitrogens with zero attached hydrogens (tertiary/aromatic N) is 3. The Bertz CT molecular complexity index is 1540. The molecule has 0 unspecified atom stereocenters. The predicted molar refractivity (Wildman–Crippen MR) is 160 cm³/mol. The monoisotopic (exact) mass is 495 g/mol. The van der Waals surface area contributed by atoms with E-state index in [1.807, 2.05) is 24.3 Å². The third kappa shape index (κ3) is 5.19. The van der Waals surface area contributed by atoms with E-state index >= 15 is 0 Å². The standard InChI is InChI=1S/C35H33N3/c1-22-14-24(3)34(25(4)15-22)29-18-30(35-26(5)16-23(2)17-27(35)6)20-31(19-29)37-38-33-21-36-13-12-32(33)28-10-8-7-9-11-28/h7-21H,1-6H3. The summed E-state index contributed by atoms with van der Waals surface area (Å²) in [7, 11) is 0. The smallest absolute Gasteiger partial charge is 0.112 e. The molecule has 0 N–H and O–H groups in total. The van der Waals surface area contributed by atoms with Crippen LogP contribution in [0.25, 0.3) is 33.4 Å². The SMILES string of the molecule is Cc1cc(C)c(-c2cc(N=Nc3cnccc3-c3ccccc3)cc(-c3c(C)cc(C)cc3C)c2)c(C)c1. The van der Waals surface area contributed by atoms with Gasteiger partial charge in [0.15, 0.2) is 0 Å². The Morgan fingerprint density at radius 2 is 1.05 bits per heavy atom. The number of pyridine rings is 1. The average molecular weight is 496 g/mol. The van der Waals surface area contributed by atoms with E-state index in [9.17, 15) is 0 Å². The van der Waals surface area contributed by atoms with Crippen molar-refractivity contribution in [1.82, 2.24) is 4.98 Å². The minimum absolute atomic E-state index is 0.746. The molecule has 0 bridgehead atoms. The molecule has 0 amide bonds. The molecule has 5 rings (SSSR count). The molecule has 1 aromatic heterocycles. The van der Waals surface area contributed by atoms with Gasteiger partial charge in [0, 0.05) is 11.8 Å². The van der Waals surface area contributed by atoms with E-state index in [0.717, 1.165) is 33.6 Å². The third-order valence-electron chi connectivity index (χ3n) is 7.01. The average Bonchev–Trinajstić information content (AvgIpc) is 2.87. The Hall–Kier alpha value is -4.37. The second-order valence-electron chi connectivity index (χ2n) is 10.3. The molecule has 188 valence electrons. The molecule has 3 heteroatoms. The van der Waals surface area contributed by atoms with Gasteiger partial charge in [0.2, 0.25) is 0 Å². The highest BCUT2D eigenvalue weighted by Gasteiger charge is 2.14. The summed E-state index contributed by atoms with van der Waals surface area (Å²) in [6.45, 7) is 13.1. The molecule has 0 atom stereocenters. The van der Waals surface area contributed by atoms with Crippen molar-refractivity contribution in [3.8, 4) is 33.4 Å². The molecule has 4 aromatic carbocycles. The molecule has 38 heavy (non-hydrogen) atoms. The van der Waals surface area contributed by atoms with E-state index in [1.165, 1.54) is 44.5 Å². The lowest BCUT2D eigenvalue weighted by Gasteiger charge is -2.16. The highest BCUT2D eigenvalue weighted by atomic mass is 15.1. The second kappa shape index (κ2) is 10.5. The van der Waals surface area contributed by atoms with E-state index in [-0.39, 0.29) is 0 Å². The van der Waals surface area contributed by atoms with Crippen molar-refractivity contribution < 1.29 is 0 Å². The summed E-state index contributed by atoms with van der Waals surface area (Å²) in [6, 6.07) is 27.8. The van der Waals surface area contributed by atoms with Gasteiger partial charge >= 0.3 is 0 Å². The van der Waals surface area contributed by atoms with Gasteiger partial charge < -0.3 is 0 Å². The van der Waals surface area contributed by atoms with E-state index in [4.69, 9.17) is 10.2 Å². The number of benzene rings is 4. The quantitative estimate of drug-likeness (QED) is 0.223. The molecular weight excluding hydrogens is 462 g/mol. The van der Waals surface area contributed by atoms with Crippen LogP contribution in [0.4, 0.5) is 11.4 Å². The van der Waals surface area contributed by atoms with Crippen LogP contribution in [0.5, 0.6) is 0 Å². The third-order valence-corrected chi connectivity index (χ3v) is 7.01. The van der Waals surface area contributed by atoms with Gasteiger partial charge in [-0.3, -0.25) is 4.98 Å². The fourth-order valence-corrected chi connectivity index (χ4v) is 5.67. The molecule has 0 aliphatic rings. The van der Waals surface area contributed by atoms with Crippen molar-refractivity contribution >= 4 is 11.4 Å². The van der Waals surface area contributed by atoms with Crippen molar-refractivity contribution in [2.75, 3.05) is 0 Å². The first kappa shape index (κ1) is 25.3. The number of hydrogen-bond acceptors (Lipinski definition) is 3. The first-order valence-corrected chi connectivity index (χ1v) is 13.0. The summed E-state index contributed by atoms with van der Waals surface area (Å²) in [5, 5.41) is 9.48. The lowest BCUT2D eigenvalue weighted by atomic mass is 9.89. The summed E-state index contributed by atoms with van der Waals surface area (Å²) < 4.78 is 0. The Labute approximate surface area is 226 Å². The molecule has 0 saturated heterocycles. The highest BCUT2D eigenvalue weighted by molar-refractivity contribution is 5.82. The molecular formula is C35H33N3. The van der Waals surface area contributed by atoms with Crippen LogP contribution < -0.4 is 0 Å². The van der Waals surface area contributed by atoms with Crippen LogP contribution in [0, 0.1) is 41.5 Å². The molecule has 0 spiro atoms. The van der Waals surface area contributed by atoms with Crippen LogP contribution in [-0.2, 0) is 0 Å². The van der Waals surface area contributed by atoms with Gasteiger partial charge in [-0.05, 0) is 116 Å². The number of azo groups is 1. The summed E-state index contributed by atoms with van der Waals surface area (Å²) in [5.74, 6) is 0. The van der Waals surface area contributed by atoms with Gasteiger partial charge in [-0.1, -0.05) is 65.7 Å². The minimum atomic E-state index is 0.746. The molecule has 3 nitrogen and oxygen atoms in total. The van der Waals surface area contributed by atoms with E-state index < -0.39 is 0 Å². The summed E-state index contributed by atoms with van der Waals surface area (Å²) >= 11 is 0. The van der Waals surface area contributed by atoms with Crippen LogP contribution in [0.15, 0.2) is 101 Å². The molecule has 0 radical (unpaired) electrons. The van der Waals surface area contributed by atoms with Gasteiger partial charge in [0.25, 0.3) is 0 Å². The Morgan fingerprint density at radius 3 is 1.58 bits per heavy atom. The predicted octanol–water partition coefficient (Wildman–Crippen LogP) is 10.3. The Balaban J connectivity index is 1.68. The van der Waals surface area contributed by atoms with Crippen LogP contribution in [0.1, 0.15) is 33.4 Å². The van der Waals surface area contributed by atoms with Gasteiger partial charge in [0.1, 0.15) is 5.69 Å². The maximum Gasteiger partial charge on any atom is 0.112 e. The lowest BCUT2D eigenvalue weighted by Crippen LogP contribution is -1.93. The second-order valence-corrected chi connectivity index (χ2v) is 10.3. The van der Waals surface area contributed by atoms with E-state index in [1.54, 1.807) is 12.4 Å². The van der Waals surface area contributed by atoms with Crippen molar-refractivity contribution in [3.05, 3.63) is 125 Å². The number of hydrogen-bond donors (Lipinski definition) is 0. The minimum Gasteiger partial charge on any atom is -0.262 e. The molecule has 0 fully saturated rings. The number of rotatable bonds is 5. The molecule has 5 aromatic rings. The highest BCUT2D eigenvalue weighted by Crippen LogP contribution is 2.38. The molecule has 0 aliphatic heterocycles. The molecule has 0 aliphatic carbocycles. The first-order valence-electron chi connectivity index (χ1n) is 13.0. The zero-order valence-electron chi connectivity index (χ0n) is 23.0. The van der Waals surface area contributed by atoms with Crippen LogP contribution in [0.3, 0.4) is 0 Å². The molecule has 0 saturated carbocycles. The Morgan fingerprint density at radius 1 is 0.526 bits per heavy atom. The van der Waals surface area contributed by atoms with Gasteiger partial charge in [-0.2, -0.15) is 5.11 Å². The van der Waals surface area contributed by atoms with Crippen molar-refractivity contribution in [1.29, 1.82) is 0 Å². The van der Waals surface area contributed by atoms with Crippen LogP contribution in [-0.4, -0.2) is 4.98 Å². The first-order chi connectivity index (χ1) is 18.3. The van der Waals surface area contributed by atoms with Gasteiger partial charge in [-0.15, -0.1) is 5.11 Å². The lowest BCUT2D eigenvalue weighted by molar-refractivity contribution is 1.20. The maximum absolute atomic E-state index is 4.77. The zero-order chi connectivity index (χ0) is 26.8. The van der Waals surface area contributed by atoms with E-state index in [0.29, 0.717) is 0 Å². The van der Waals surface area contributed by atoms with Crippen LogP contribution in [0.2, 0.25) is 0 Å². The Kier molecular flexibility index (Phi) is 7.02. The van der Waals surface area contributed by atoms with Crippen molar-refractivity contribution in [2.45, 2.75) is 41.5 Å². The maximum atomic E-state index is 4.77. The van der Waals surface area contributed by atoms with Crippen molar-refractivity contribution in [3.63, 3.8) is 0 Å². The normalized spacial score (nSPS) is 11.3. The fourth-order valence-electron chi connectivity index (χ4n) is 5.67. The topological polar surface area (TPSA) is 37.6 Å². The largest absolute Gasteiger partial charge is 0.262 e. The summed E-state index contributed by atoms with van der Waals surface area (Å²) in [4.78, 5) is 4.32. The van der Waals surface area contributed by atoms with Crippen molar-refractivity contribution in [2.24, 2.45) is 10.2 Å². The zero-order valence-corrected chi connectivity index (χ0v) is 23.0. The van der Waals surface area contributed by atoms with Gasteiger partial charge in [-0.25, -0.2) is 0 Å².